The number of methoxy groups -OCH3 is 1. The Labute approximate surface area is 208 Å². The van der Waals surface area contributed by atoms with Crippen LogP contribution in [0.1, 0.15) is 12.0 Å². The van der Waals surface area contributed by atoms with Crippen LogP contribution in [0.4, 0.5) is 15.8 Å². The molecular weight excluding hydrogens is 465 g/mol. The van der Waals surface area contributed by atoms with E-state index < -0.39 is 5.92 Å². The third-order valence-corrected chi connectivity index (χ3v) is 5.79. The van der Waals surface area contributed by atoms with Crippen LogP contribution in [0.3, 0.4) is 0 Å². The van der Waals surface area contributed by atoms with Gasteiger partial charge in [-0.25, -0.2) is 4.39 Å². The van der Waals surface area contributed by atoms with Crippen LogP contribution in [0.15, 0.2) is 72.8 Å². The molecule has 0 bridgehead atoms. The summed E-state index contributed by atoms with van der Waals surface area (Å²) in [5, 5.41) is 5.51. The van der Waals surface area contributed by atoms with Crippen molar-refractivity contribution >= 4 is 29.1 Å². The van der Waals surface area contributed by atoms with Crippen molar-refractivity contribution in [2.24, 2.45) is 5.92 Å². The van der Waals surface area contributed by atoms with Gasteiger partial charge in [-0.3, -0.25) is 14.4 Å². The van der Waals surface area contributed by atoms with Gasteiger partial charge in [0.15, 0.2) is 6.61 Å². The molecule has 186 valence electrons. The molecule has 1 heterocycles. The molecule has 3 amide bonds. The van der Waals surface area contributed by atoms with E-state index in [1.165, 1.54) is 24.3 Å². The number of halogens is 1. The van der Waals surface area contributed by atoms with Crippen molar-refractivity contribution in [1.82, 2.24) is 5.32 Å². The first-order valence-electron chi connectivity index (χ1n) is 11.4. The van der Waals surface area contributed by atoms with E-state index in [0.717, 1.165) is 5.56 Å². The minimum atomic E-state index is -0.460. The number of hydrogen-bond donors (Lipinski definition) is 2. The molecule has 3 aromatic rings. The van der Waals surface area contributed by atoms with Crippen LogP contribution in [-0.4, -0.2) is 38.0 Å². The molecular formula is C27H26FN3O5. The summed E-state index contributed by atoms with van der Waals surface area (Å²) in [7, 11) is 1.58. The van der Waals surface area contributed by atoms with Crippen LogP contribution in [-0.2, 0) is 20.9 Å². The molecule has 0 unspecified atom stereocenters. The van der Waals surface area contributed by atoms with Gasteiger partial charge in [0.2, 0.25) is 11.8 Å². The Morgan fingerprint density at radius 2 is 1.75 bits per heavy atom. The number of benzene rings is 3. The van der Waals surface area contributed by atoms with E-state index >= 15 is 0 Å². The second-order valence-electron chi connectivity index (χ2n) is 8.27. The number of nitrogens with zero attached hydrogens (tertiary/aromatic N) is 1. The highest BCUT2D eigenvalue weighted by Gasteiger charge is 2.35. The topological polar surface area (TPSA) is 97.0 Å². The Bertz CT molecular complexity index is 1230. The Morgan fingerprint density at radius 3 is 2.47 bits per heavy atom. The monoisotopic (exact) mass is 491 g/mol. The van der Waals surface area contributed by atoms with Gasteiger partial charge in [0.05, 0.1) is 13.0 Å². The van der Waals surface area contributed by atoms with Gasteiger partial charge in [-0.2, -0.15) is 0 Å². The Morgan fingerprint density at radius 1 is 1.03 bits per heavy atom. The summed E-state index contributed by atoms with van der Waals surface area (Å²) in [6, 6.07) is 19.6. The van der Waals surface area contributed by atoms with E-state index in [0.29, 0.717) is 29.4 Å². The van der Waals surface area contributed by atoms with Gasteiger partial charge in [-0.1, -0.05) is 18.2 Å². The molecule has 8 nitrogen and oxygen atoms in total. The van der Waals surface area contributed by atoms with Crippen molar-refractivity contribution in [3.8, 4) is 11.5 Å². The molecule has 2 N–H and O–H groups in total. The third kappa shape index (κ3) is 6.18. The number of rotatable bonds is 9. The van der Waals surface area contributed by atoms with Crippen molar-refractivity contribution in [3.63, 3.8) is 0 Å². The lowest BCUT2D eigenvalue weighted by Gasteiger charge is -2.17. The van der Waals surface area contributed by atoms with E-state index in [1.807, 2.05) is 24.3 Å². The maximum atomic E-state index is 13.0. The van der Waals surface area contributed by atoms with Gasteiger partial charge in [0.25, 0.3) is 5.91 Å². The van der Waals surface area contributed by atoms with Crippen LogP contribution in [0, 0.1) is 11.7 Å². The lowest BCUT2D eigenvalue weighted by atomic mass is 10.1. The predicted octanol–water partition coefficient (Wildman–Crippen LogP) is 3.52. The molecule has 3 aromatic carbocycles. The van der Waals surface area contributed by atoms with Gasteiger partial charge in [-0.15, -0.1) is 0 Å². The molecule has 1 aliphatic heterocycles. The minimum Gasteiger partial charge on any atom is -0.496 e. The number of carbonyl (C=O) groups is 3. The average Bonchev–Trinajstić information content (AvgIpc) is 3.29. The zero-order valence-corrected chi connectivity index (χ0v) is 19.7. The molecule has 0 spiro atoms. The molecule has 1 fully saturated rings. The standard InChI is InChI=1S/C27H26FN3O5/c1-35-24-5-3-2-4-18(24)15-29-27(34)19-14-26(33)31(16-19)22-10-12-23(13-11-22)36-17-25(32)30-21-8-6-20(28)7-9-21/h2-13,19H,14-17H2,1H3,(H,29,34)(H,30,32)/t19-/m1/s1. The number of hydrogen-bond acceptors (Lipinski definition) is 5. The molecule has 1 aliphatic rings. The maximum absolute atomic E-state index is 13.0. The summed E-state index contributed by atoms with van der Waals surface area (Å²) in [4.78, 5) is 38.9. The normalized spacial score (nSPS) is 14.9. The fourth-order valence-corrected chi connectivity index (χ4v) is 3.91. The van der Waals surface area contributed by atoms with Crippen LogP contribution in [0.5, 0.6) is 11.5 Å². The first-order chi connectivity index (χ1) is 17.4. The van der Waals surface area contributed by atoms with E-state index in [2.05, 4.69) is 10.6 Å². The first-order valence-corrected chi connectivity index (χ1v) is 11.4. The largest absolute Gasteiger partial charge is 0.496 e. The van der Waals surface area contributed by atoms with E-state index in [-0.39, 0.29) is 43.1 Å². The lowest BCUT2D eigenvalue weighted by Crippen LogP contribution is -2.32. The first kappa shape index (κ1) is 24.7. The second-order valence-corrected chi connectivity index (χ2v) is 8.27. The lowest BCUT2D eigenvalue weighted by molar-refractivity contribution is -0.126. The minimum absolute atomic E-state index is 0.125. The SMILES string of the molecule is COc1ccccc1CNC(=O)[C@@H]1CC(=O)N(c2ccc(OCC(=O)Nc3ccc(F)cc3)cc2)C1. The van der Waals surface area contributed by atoms with Gasteiger partial charge in [0.1, 0.15) is 17.3 Å². The van der Waals surface area contributed by atoms with Gasteiger partial charge < -0.3 is 25.0 Å². The van der Waals surface area contributed by atoms with Gasteiger partial charge >= 0.3 is 0 Å². The molecule has 0 aromatic heterocycles. The average molecular weight is 492 g/mol. The highest BCUT2D eigenvalue weighted by Crippen LogP contribution is 2.27. The van der Waals surface area contributed by atoms with E-state index in [4.69, 9.17) is 9.47 Å². The number of nitrogens with one attached hydrogen (secondary N) is 2. The molecule has 0 radical (unpaired) electrons. The summed E-state index contributed by atoms with van der Waals surface area (Å²) in [6.45, 7) is 0.360. The Balaban J connectivity index is 1.27. The molecule has 1 atom stereocenters. The summed E-state index contributed by atoms with van der Waals surface area (Å²) in [6.07, 6.45) is 0.125. The van der Waals surface area contributed by atoms with Crippen LogP contribution in [0.2, 0.25) is 0 Å². The zero-order valence-electron chi connectivity index (χ0n) is 19.7. The van der Waals surface area contributed by atoms with Crippen molar-refractivity contribution in [2.45, 2.75) is 13.0 Å². The van der Waals surface area contributed by atoms with E-state index in [9.17, 15) is 18.8 Å². The number of carbonyl (C=O) groups excluding carboxylic acids is 3. The molecule has 1 saturated heterocycles. The molecule has 4 rings (SSSR count). The van der Waals surface area contributed by atoms with Crippen molar-refractivity contribution < 1.29 is 28.2 Å². The van der Waals surface area contributed by atoms with Crippen LogP contribution >= 0.6 is 0 Å². The fourth-order valence-electron chi connectivity index (χ4n) is 3.91. The molecule has 0 saturated carbocycles. The Hall–Kier alpha value is -4.40. The highest BCUT2D eigenvalue weighted by atomic mass is 19.1. The predicted molar refractivity (Wildman–Crippen MR) is 132 cm³/mol. The zero-order chi connectivity index (χ0) is 25.5. The highest BCUT2D eigenvalue weighted by molar-refractivity contribution is 6.00. The quantitative estimate of drug-likeness (QED) is 0.478. The van der Waals surface area contributed by atoms with Gasteiger partial charge in [0, 0.05) is 36.4 Å². The summed E-state index contributed by atoms with van der Waals surface area (Å²) in [5.41, 5.74) is 1.97. The number of anilines is 2. The van der Waals surface area contributed by atoms with Crippen LogP contribution in [0.25, 0.3) is 0 Å². The smallest absolute Gasteiger partial charge is 0.262 e. The molecule has 0 aliphatic carbocycles. The summed E-state index contributed by atoms with van der Waals surface area (Å²) < 4.78 is 23.8. The van der Waals surface area contributed by atoms with Crippen LogP contribution < -0.4 is 25.0 Å². The number of para-hydroxylation sites is 1. The Kier molecular flexibility index (Phi) is 7.79. The number of ether oxygens (including phenoxy) is 2. The van der Waals surface area contributed by atoms with Gasteiger partial charge in [-0.05, 0) is 54.6 Å². The summed E-state index contributed by atoms with van der Waals surface area (Å²) >= 11 is 0. The van der Waals surface area contributed by atoms with Crippen molar-refractivity contribution in [1.29, 1.82) is 0 Å². The molecule has 36 heavy (non-hydrogen) atoms. The fraction of sp³-hybridized carbons (Fsp3) is 0.222. The van der Waals surface area contributed by atoms with Crippen molar-refractivity contribution in [2.75, 3.05) is 30.5 Å². The summed E-state index contributed by atoms with van der Waals surface area (Å²) in [5.74, 6) is -0.423. The maximum Gasteiger partial charge on any atom is 0.262 e. The van der Waals surface area contributed by atoms with E-state index in [1.54, 1.807) is 36.3 Å². The van der Waals surface area contributed by atoms with Crippen molar-refractivity contribution in [3.05, 3.63) is 84.2 Å². The third-order valence-electron chi connectivity index (χ3n) is 5.79. The second kappa shape index (κ2) is 11.4. The number of amides is 3. The molecule has 9 heteroatoms.